The van der Waals surface area contributed by atoms with Crippen LogP contribution in [0.4, 0.5) is 0 Å². The van der Waals surface area contributed by atoms with Crippen LogP contribution < -0.4 is 5.32 Å². The Morgan fingerprint density at radius 3 is 2.27 bits per heavy atom. The van der Waals surface area contributed by atoms with Gasteiger partial charge in [0.25, 0.3) is 5.91 Å². The number of aryl methyl sites for hydroxylation is 1. The Labute approximate surface area is 128 Å². The molecule has 120 valence electrons. The van der Waals surface area contributed by atoms with Gasteiger partial charge in [-0.25, -0.2) is 0 Å². The van der Waals surface area contributed by atoms with E-state index in [9.17, 15) is 14.4 Å². The standard InChI is InChI=1S/C14H20N4O4/c1-9(2)15-12(19)14(21)18-6-4-17(5-7-18)13(20)11-8-10(3)16-22-11/h8-9H,4-7H2,1-3H3,(H,15,19). The van der Waals surface area contributed by atoms with Crippen LogP contribution in [0.1, 0.15) is 30.1 Å². The van der Waals surface area contributed by atoms with Crippen molar-refractivity contribution in [2.75, 3.05) is 26.2 Å². The van der Waals surface area contributed by atoms with Crippen LogP contribution in [0.15, 0.2) is 10.6 Å². The Bertz CT molecular complexity index is 573. The fourth-order valence-electron chi connectivity index (χ4n) is 2.20. The van der Waals surface area contributed by atoms with Crippen molar-refractivity contribution in [1.82, 2.24) is 20.3 Å². The van der Waals surface area contributed by atoms with Crippen LogP contribution in [0.3, 0.4) is 0 Å². The van der Waals surface area contributed by atoms with Crippen LogP contribution in [-0.2, 0) is 9.59 Å². The van der Waals surface area contributed by atoms with E-state index < -0.39 is 11.8 Å². The van der Waals surface area contributed by atoms with Gasteiger partial charge in [0.2, 0.25) is 5.76 Å². The lowest BCUT2D eigenvalue weighted by Crippen LogP contribution is -2.54. The molecule has 3 amide bonds. The summed E-state index contributed by atoms with van der Waals surface area (Å²) in [7, 11) is 0. The Hall–Kier alpha value is -2.38. The lowest BCUT2D eigenvalue weighted by atomic mass is 10.2. The number of piperazine rings is 1. The minimum atomic E-state index is -0.611. The van der Waals surface area contributed by atoms with Crippen molar-refractivity contribution in [3.05, 3.63) is 17.5 Å². The molecular weight excluding hydrogens is 288 g/mol. The normalized spacial score (nSPS) is 15.1. The summed E-state index contributed by atoms with van der Waals surface area (Å²) < 4.78 is 4.95. The molecule has 1 aliphatic rings. The summed E-state index contributed by atoms with van der Waals surface area (Å²) in [5.74, 6) is -1.23. The minimum absolute atomic E-state index is 0.0889. The lowest BCUT2D eigenvalue weighted by Gasteiger charge is -2.33. The predicted molar refractivity (Wildman–Crippen MR) is 77.0 cm³/mol. The summed E-state index contributed by atoms with van der Waals surface area (Å²) in [6.07, 6.45) is 0. The van der Waals surface area contributed by atoms with E-state index in [1.807, 2.05) is 0 Å². The average Bonchev–Trinajstić information content (AvgIpc) is 2.91. The van der Waals surface area contributed by atoms with Crippen molar-refractivity contribution in [3.8, 4) is 0 Å². The second kappa shape index (κ2) is 6.59. The zero-order valence-electron chi connectivity index (χ0n) is 13.0. The highest BCUT2D eigenvalue weighted by atomic mass is 16.5. The van der Waals surface area contributed by atoms with Gasteiger partial charge in [0.15, 0.2) is 0 Å². The lowest BCUT2D eigenvalue weighted by molar-refractivity contribution is -0.147. The van der Waals surface area contributed by atoms with Crippen LogP contribution in [-0.4, -0.2) is 64.9 Å². The molecule has 0 bridgehead atoms. The fourth-order valence-corrected chi connectivity index (χ4v) is 2.20. The summed E-state index contributed by atoms with van der Waals surface area (Å²) >= 11 is 0. The number of hydrogen-bond donors (Lipinski definition) is 1. The second-order valence-electron chi connectivity index (χ2n) is 5.55. The molecule has 0 aliphatic carbocycles. The van der Waals surface area contributed by atoms with Gasteiger partial charge in [-0.05, 0) is 20.8 Å². The molecule has 2 rings (SSSR count). The molecule has 1 fully saturated rings. The monoisotopic (exact) mass is 308 g/mol. The molecule has 1 aliphatic heterocycles. The van der Waals surface area contributed by atoms with Gasteiger partial charge in [-0.3, -0.25) is 14.4 Å². The summed E-state index contributed by atoms with van der Waals surface area (Å²) in [6.45, 7) is 6.69. The molecule has 8 heteroatoms. The number of amides is 3. The quantitative estimate of drug-likeness (QED) is 0.763. The Morgan fingerprint density at radius 2 is 1.77 bits per heavy atom. The molecule has 1 N–H and O–H groups in total. The van der Waals surface area contributed by atoms with Crippen molar-refractivity contribution in [1.29, 1.82) is 0 Å². The molecule has 0 saturated carbocycles. The van der Waals surface area contributed by atoms with Crippen molar-refractivity contribution in [2.45, 2.75) is 26.8 Å². The van der Waals surface area contributed by atoms with E-state index in [2.05, 4.69) is 10.5 Å². The molecule has 8 nitrogen and oxygen atoms in total. The molecule has 0 unspecified atom stereocenters. The van der Waals surface area contributed by atoms with Gasteiger partial charge in [0.05, 0.1) is 5.69 Å². The van der Waals surface area contributed by atoms with E-state index in [1.54, 1.807) is 31.7 Å². The molecule has 0 radical (unpaired) electrons. The first-order valence-corrected chi connectivity index (χ1v) is 7.21. The number of nitrogens with zero attached hydrogens (tertiary/aromatic N) is 3. The van der Waals surface area contributed by atoms with Crippen molar-refractivity contribution >= 4 is 17.7 Å². The first-order chi connectivity index (χ1) is 10.4. The highest BCUT2D eigenvalue weighted by molar-refractivity contribution is 6.35. The highest BCUT2D eigenvalue weighted by Gasteiger charge is 2.29. The maximum absolute atomic E-state index is 12.2. The molecule has 1 aromatic heterocycles. The van der Waals surface area contributed by atoms with Crippen molar-refractivity contribution < 1.29 is 18.9 Å². The van der Waals surface area contributed by atoms with Crippen LogP contribution >= 0.6 is 0 Å². The summed E-state index contributed by atoms with van der Waals surface area (Å²) in [5, 5.41) is 6.25. The molecule has 1 saturated heterocycles. The highest BCUT2D eigenvalue weighted by Crippen LogP contribution is 2.10. The fraction of sp³-hybridized carbons (Fsp3) is 0.571. The van der Waals surface area contributed by atoms with Crippen LogP contribution in [0.2, 0.25) is 0 Å². The molecule has 0 atom stereocenters. The van der Waals surface area contributed by atoms with Gasteiger partial charge in [-0.2, -0.15) is 0 Å². The zero-order chi connectivity index (χ0) is 16.3. The third kappa shape index (κ3) is 3.63. The molecular formula is C14H20N4O4. The Morgan fingerprint density at radius 1 is 1.18 bits per heavy atom. The Balaban J connectivity index is 1.89. The molecule has 0 spiro atoms. The topological polar surface area (TPSA) is 95.8 Å². The molecule has 0 aromatic carbocycles. The van der Waals surface area contributed by atoms with Crippen molar-refractivity contribution in [2.24, 2.45) is 0 Å². The number of nitrogens with one attached hydrogen (secondary N) is 1. The number of hydrogen-bond acceptors (Lipinski definition) is 5. The van der Waals surface area contributed by atoms with E-state index in [0.29, 0.717) is 31.9 Å². The smallest absolute Gasteiger partial charge is 0.312 e. The van der Waals surface area contributed by atoms with E-state index >= 15 is 0 Å². The Kier molecular flexibility index (Phi) is 4.79. The minimum Gasteiger partial charge on any atom is -0.351 e. The van der Waals surface area contributed by atoms with Crippen LogP contribution in [0.5, 0.6) is 0 Å². The average molecular weight is 308 g/mol. The summed E-state index contributed by atoms with van der Waals surface area (Å²) in [5.41, 5.74) is 0.641. The van der Waals surface area contributed by atoms with Gasteiger partial charge in [0.1, 0.15) is 0 Å². The van der Waals surface area contributed by atoms with Crippen molar-refractivity contribution in [3.63, 3.8) is 0 Å². The van der Waals surface area contributed by atoms with E-state index in [0.717, 1.165) is 0 Å². The summed E-state index contributed by atoms with van der Waals surface area (Å²) in [4.78, 5) is 38.9. The largest absolute Gasteiger partial charge is 0.351 e. The molecule has 2 heterocycles. The van der Waals surface area contributed by atoms with Gasteiger partial charge in [0, 0.05) is 38.3 Å². The van der Waals surface area contributed by atoms with Gasteiger partial charge in [-0.15, -0.1) is 0 Å². The molecule has 1 aromatic rings. The predicted octanol–water partition coefficient (Wildman–Crippen LogP) is -0.208. The SMILES string of the molecule is Cc1cc(C(=O)N2CCN(C(=O)C(=O)NC(C)C)CC2)on1. The number of carbonyl (C=O) groups is 3. The van der Waals surface area contributed by atoms with Gasteiger partial charge < -0.3 is 19.6 Å². The number of aromatic nitrogens is 1. The number of carbonyl (C=O) groups excluding carboxylic acids is 3. The first-order valence-electron chi connectivity index (χ1n) is 7.21. The first kappa shape index (κ1) is 16.0. The van der Waals surface area contributed by atoms with Gasteiger partial charge in [-0.1, -0.05) is 5.16 Å². The molecule has 22 heavy (non-hydrogen) atoms. The van der Waals surface area contributed by atoms with E-state index in [1.165, 1.54) is 4.90 Å². The third-order valence-corrected chi connectivity index (χ3v) is 3.31. The van der Waals surface area contributed by atoms with E-state index in [-0.39, 0.29) is 17.7 Å². The van der Waals surface area contributed by atoms with Crippen LogP contribution in [0, 0.1) is 6.92 Å². The maximum atomic E-state index is 12.2. The van der Waals surface area contributed by atoms with E-state index in [4.69, 9.17) is 4.52 Å². The number of rotatable bonds is 2. The third-order valence-electron chi connectivity index (χ3n) is 3.31. The maximum Gasteiger partial charge on any atom is 0.312 e. The van der Waals surface area contributed by atoms with Gasteiger partial charge >= 0.3 is 11.8 Å². The zero-order valence-corrected chi connectivity index (χ0v) is 13.0. The van der Waals surface area contributed by atoms with Crippen LogP contribution in [0.25, 0.3) is 0 Å². The summed E-state index contributed by atoms with van der Waals surface area (Å²) in [6, 6.07) is 1.49. The second-order valence-corrected chi connectivity index (χ2v) is 5.55.